The molecule has 0 saturated heterocycles. The Labute approximate surface area is 157 Å². The van der Waals surface area contributed by atoms with Crippen LogP contribution in [0.3, 0.4) is 0 Å². The van der Waals surface area contributed by atoms with Gasteiger partial charge in [0.2, 0.25) is 0 Å². The molecule has 0 aliphatic heterocycles. The predicted molar refractivity (Wildman–Crippen MR) is 103 cm³/mol. The number of ether oxygens (including phenoxy) is 1. The molecule has 0 saturated carbocycles. The molecule has 2 aromatic rings. The molecule has 3 N–H and O–H groups in total. The van der Waals surface area contributed by atoms with Gasteiger partial charge in [-0.1, -0.05) is 12.1 Å². The number of rotatable bonds is 5. The van der Waals surface area contributed by atoms with E-state index in [9.17, 15) is 4.79 Å². The number of anilines is 1. The van der Waals surface area contributed by atoms with Crippen LogP contribution in [0.25, 0.3) is 0 Å². The summed E-state index contributed by atoms with van der Waals surface area (Å²) in [5.74, 6) is 0.227. The first-order valence-electron chi connectivity index (χ1n) is 7.14. The van der Waals surface area contributed by atoms with E-state index in [1.807, 2.05) is 31.2 Å². The summed E-state index contributed by atoms with van der Waals surface area (Å²) in [5.41, 5.74) is 11.4. The van der Waals surface area contributed by atoms with Crippen LogP contribution in [-0.4, -0.2) is 18.2 Å². The molecule has 2 aromatic carbocycles. The smallest absolute Gasteiger partial charge is 0.277 e. The number of carbonyl (C=O) groups excluding carboxylic acids is 1. The van der Waals surface area contributed by atoms with E-state index in [1.54, 1.807) is 19.1 Å². The molecule has 1 amide bonds. The normalized spacial score (nSPS) is 11.2. The van der Waals surface area contributed by atoms with Crippen LogP contribution in [0.5, 0.6) is 5.75 Å². The van der Waals surface area contributed by atoms with E-state index in [4.69, 9.17) is 10.5 Å². The van der Waals surface area contributed by atoms with E-state index >= 15 is 0 Å². The molecular weight excluding hydrogens is 438 g/mol. The maximum absolute atomic E-state index is 11.9. The Kier molecular flexibility index (Phi) is 6.39. The van der Waals surface area contributed by atoms with Crippen LogP contribution in [0.15, 0.2) is 50.4 Å². The van der Waals surface area contributed by atoms with E-state index in [2.05, 4.69) is 42.4 Å². The summed E-state index contributed by atoms with van der Waals surface area (Å²) in [6.45, 7) is 3.62. The zero-order chi connectivity index (χ0) is 17.7. The van der Waals surface area contributed by atoms with Crippen LogP contribution in [0.4, 0.5) is 5.69 Å². The monoisotopic (exact) mass is 453 g/mol. The molecule has 0 fully saturated rings. The van der Waals surface area contributed by atoms with E-state index < -0.39 is 0 Å². The number of aryl methyl sites for hydroxylation is 1. The van der Waals surface area contributed by atoms with Crippen LogP contribution in [0.2, 0.25) is 0 Å². The van der Waals surface area contributed by atoms with Crippen molar-refractivity contribution in [1.82, 2.24) is 5.43 Å². The van der Waals surface area contributed by atoms with Crippen molar-refractivity contribution in [3.8, 4) is 5.75 Å². The standard InChI is InChI=1S/C17H17Br2N3O2/c1-10-6-14(18)17(15(19)7-10)24-9-16(23)22-21-11(2)12-4-3-5-13(20)8-12/h3-8H,9,20H2,1-2H3,(H,22,23). The number of nitrogens with one attached hydrogen (secondary N) is 1. The van der Waals surface area contributed by atoms with Gasteiger partial charge in [-0.2, -0.15) is 5.10 Å². The average molecular weight is 455 g/mol. The number of hydrogen-bond acceptors (Lipinski definition) is 4. The molecule has 0 aromatic heterocycles. The van der Waals surface area contributed by atoms with Crippen LogP contribution in [-0.2, 0) is 4.79 Å². The van der Waals surface area contributed by atoms with Gasteiger partial charge in [0.1, 0.15) is 5.75 Å². The predicted octanol–water partition coefficient (Wildman–Crippen LogP) is 4.02. The molecule has 0 bridgehead atoms. The van der Waals surface area contributed by atoms with E-state index in [1.165, 1.54) is 0 Å². The van der Waals surface area contributed by atoms with Crippen molar-refractivity contribution in [2.45, 2.75) is 13.8 Å². The van der Waals surface area contributed by atoms with E-state index in [0.717, 1.165) is 20.1 Å². The zero-order valence-electron chi connectivity index (χ0n) is 13.3. The van der Waals surface area contributed by atoms with Gasteiger partial charge in [-0.05, 0) is 81.1 Å². The largest absolute Gasteiger partial charge is 0.481 e. The number of hydrogen-bond donors (Lipinski definition) is 2. The third-order valence-corrected chi connectivity index (χ3v) is 4.32. The van der Waals surface area contributed by atoms with Crippen molar-refractivity contribution in [3.63, 3.8) is 0 Å². The second-order valence-corrected chi connectivity index (χ2v) is 6.91. The highest BCUT2D eigenvalue weighted by molar-refractivity contribution is 9.11. The van der Waals surface area contributed by atoms with Crippen molar-refractivity contribution >= 4 is 49.2 Å². The summed E-state index contributed by atoms with van der Waals surface area (Å²) < 4.78 is 7.10. The lowest BCUT2D eigenvalue weighted by molar-refractivity contribution is -0.123. The number of nitrogens with zero attached hydrogens (tertiary/aromatic N) is 1. The van der Waals surface area contributed by atoms with Gasteiger partial charge in [0, 0.05) is 5.69 Å². The lowest BCUT2D eigenvalue weighted by Crippen LogP contribution is -2.25. The zero-order valence-corrected chi connectivity index (χ0v) is 16.4. The quantitative estimate of drug-likeness (QED) is 0.407. The van der Waals surface area contributed by atoms with E-state index in [-0.39, 0.29) is 12.5 Å². The molecule has 0 aliphatic rings. The average Bonchev–Trinajstić information content (AvgIpc) is 2.51. The van der Waals surface area contributed by atoms with Crippen LogP contribution >= 0.6 is 31.9 Å². The third kappa shape index (κ3) is 5.07. The van der Waals surface area contributed by atoms with Gasteiger partial charge in [-0.25, -0.2) is 5.43 Å². The Morgan fingerprint density at radius 3 is 2.54 bits per heavy atom. The molecule has 0 spiro atoms. The third-order valence-electron chi connectivity index (χ3n) is 3.14. The van der Waals surface area contributed by atoms with Crippen LogP contribution < -0.4 is 15.9 Å². The molecule has 126 valence electrons. The van der Waals surface area contributed by atoms with Gasteiger partial charge in [0.15, 0.2) is 6.61 Å². The molecule has 24 heavy (non-hydrogen) atoms. The number of nitrogens with two attached hydrogens (primary N) is 1. The first kappa shape index (κ1) is 18.5. The lowest BCUT2D eigenvalue weighted by Gasteiger charge is -2.10. The van der Waals surface area contributed by atoms with E-state index in [0.29, 0.717) is 17.1 Å². The number of benzene rings is 2. The Morgan fingerprint density at radius 1 is 1.25 bits per heavy atom. The minimum atomic E-state index is -0.349. The molecule has 0 unspecified atom stereocenters. The molecule has 0 aliphatic carbocycles. The van der Waals surface area contributed by atoms with Gasteiger partial charge in [0.25, 0.3) is 5.91 Å². The summed E-state index contributed by atoms with van der Waals surface area (Å²) in [6.07, 6.45) is 0. The molecule has 2 rings (SSSR count). The number of nitrogen functional groups attached to an aromatic ring is 1. The SMILES string of the molecule is CC(=NNC(=O)COc1c(Br)cc(C)cc1Br)c1cccc(N)c1. The molecule has 0 atom stereocenters. The van der Waals surface area contributed by atoms with Crippen molar-refractivity contribution in [2.75, 3.05) is 12.3 Å². The highest BCUT2D eigenvalue weighted by Crippen LogP contribution is 2.34. The Bertz CT molecular complexity index is 768. The fourth-order valence-corrected chi connectivity index (χ4v) is 3.61. The van der Waals surface area contributed by atoms with Crippen molar-refractivity contribution in [3.05, 3.63) is 56.5 Å². The summed E-state index contributed by atoms with van der Waals surface area (Å²) in [5, 5.41) is 4.06. The van der Waals surface area contributed by atoms with Crippen LogP contribution in [0.1, 0.15) is 18.1 Å². The lowest BCUT2D eigenvalue weighted by atomic mass is 10.1. The van der Waals surface area contributed by atoms with Gasteiger partial charge >= 0.3 is 0 Å². The number of amides is 1. The topological polar surface area (TPSA) is 76.7 Å². The Balaban J connectivity index is 1.96. The van der Waals surface area contributed by atoms with Crippen molar-refractivity contribution in [2.24, 2.45) is 5.10 Å². The van der Waals surface area contributed by atoms with Gasteiger partial charge in [0.05, 0.1) is 14.7 Å². The summed E-state index contributed by atoms with van der Waals surface area (Å²) in [7, 11) is 0. The van der Waals surface area contributed by atoms with Crippen molar-refractivity contribution < 1.29 is 9.53 Å². The molecular formula is C17H17Br2N3O2. The summed E-state index contributed by atoms with van der Waals surface area (Å²) >= 11 is 6.84. The fraction of sp³-hybridized carbons (Fsp3) is 0.176. The number of halogens is 2. The highest BCUT2D eigenvalue weighted by atomic mass is 79.9. The summed E-state index contributed by atoms with van der Waals surface area (Å²) in [6, 6.07) is 11.1. The number of hydrazone groups is 1. The Morgan fingerprint density at radius 2 is 1.92 bits per heavy atom. The molecule has 7 heteroatoms. The van der Waals surface area contributed by atoms with Gasteiger partial charge in [-0.15, -0.1) is 0 Å². The van der Waals surface area contributed by atoms with Gasteiger partial charge in [-0.3, -0.25) is 4.79 Å². The fourth-order valence-electron chi connectivity index (χ4n) is 1.97. The van der Waals surface area contributed by atoms with Crippen LogP contribution in [0, 0.1) is 6.92 Å². The first-order chi connectivity index (χ1) is 11.4. The molecule has 0 heterocycles. The first-order valence-corrected chi connectivity index (χ1v) is 8.73. The maximum atomic E-state index is 11.9. The number of carbonyl (C=O) groups is 1. The second-order valence-electron chi connectivity index (χ2n) is 5.20. The van der Waals surface area contributed by atoms with Crippen molar-refractivity contribution in [1.29, 1.82) is 0 Å². The molecule has 5 nitrogen and oxygen atoms in total. The van der Waals surface area contributed by atoms with Gasteiger partial charge < -0.3 is 10.5 Å². The minimum absolute atomic E-state index is 0.145. The highest BCUT2D eigenvalue weighted by Gasteiger charge is 2.10. The molecule has 0 radical (unpaired) electrons. The maximum Gasteiger partial charge on any atom is 0.277 e. The summed E-state index contributed by atoms with van der Waals surface area (Å²) in [4.78, 5) is 11.9. The Hall–Kier alpha value is -1.86. The second kappa shape index (κ2) is 8.30. The minimum Gasteiger partial charge on any atom is -0.481 e.